The van der Waals surface area contributed by atoms with E-state index in [1.807, 2.05) is 25.9 Å². The van der Waals surface area contributed by atoms with Crippen LogP contribution in [0.25, 0.3) is 0 Å². The minimum atomic E-state index is -1.59. The van der Waals surface area contributed by atoms with Gasteiger partial charge in [-0.3, -0.25) is 0 Å². The molecule has 2 N–H and O–H groups in total. The highest BCUT2D eigenvalue weighted by Gasteiger charge is 2.57. The summed E-state index contributed by atoms with van der Waals surface area (Å²) in [7, 11) is 3.70. The molecule has 1 fully saturated rings. The lowest BCUT2D eigenvalue weighted by atomic mass is 9.67. The molecule has 0 bridgehead atoms. The molecule has 4 heteroatoms. The molecule has 88 valence electrons. The maximum Gasteiger partial charge on any atom is 0.337 e. The Labute approximate surface area is 90.9 Å². The van der Waals surface area contributed by atoms with Crippen LogP contribution in [-0.4, -0.2) is 46.3 Å². The zero-order chi connectivity index (χ0) is 11.7. The third-order valence-electron chi connectivity index (χ3n) is 3.94. The molecular formula is C11H21NO3. The summed E-state index contributed by atoms with van der Waals surface area (Å²) in [5.41, 5.74) is -2.21. The first-order chi connectivity index (χ1) is 6.90. The van der Waals surface area contributed by atoms with Crippen molar-refractivity contribution in [1.29, 1.82) is 0 Å². The van der Waals surface area contributed by atoms with Gasteiger partial charge in [-0.2, -0.15) is 0 Å². The molecule has 2 atom stereocenters. The van der Waals surface area contributed by atoms with Crippen molar-refractivity contribution < 1.29 is 15.0 Å². The minimum Gasteiger partial charge on any atom is -0.479 e. The lowest BCUT2D eigenvalue weighted by Crippen LogP contribution is -2.67. The van der Waals surface area contributed by atoms with Gasteiger partial charge in [0, 0.05) is 0 Å². The van der Waals surface area contributed by atoms with E-state index in [9.17, 15) is 15.0 Å². The van der Waals surface area contributed by atoms with Gasteiger partial charge in [0.2, 0.25) is 0 Å². The fraction of sp³-hybridized carbons (Fsp3) is 0.909. The maximum atomic E-state index is 11.3. The number of nitrogens with zero attached hydrogens (tertiary/aromatic N) is 1. The average Bonchev–Trinajstić information content (AvgIpc) is 2.18. The molecule has 0 aromatic heterocycles. The predicted octanol–water partition coefficient (Wildman–Crippen LogP) is 1.09. The van der Waals surface area contributed by atoms with E-state index >= 15 is 0 Å². The zero-order valence-electron chi connectivity index (χ0n) is 9.79. The number of aliphatic hydroxyl groups is 1. The van der Waals surface area contributed by atoms with Crippen molar-refractivity contribution in [1.82, 2.24) is 4.90 Å². The Hall–Kier alpha value is -0.610. The van der Waals surface area contributed by atoms with Crippen molar-refractivity contribution in [3.63, 3.8) is 0 Å². The molecule has 2 unspecified atom stereocenters. The largest absolute Gasteiger partial charge is 0.479 e. The van der Waals surface area contributed by atoms with Crippen LogP contribution < -0.4 is 0 Å². The summed E-state index contributed by atoms with van der Waals surface area (Å²) < 4.78 is 0. The Bertz CT molecular complexity index is 254. The molecule has 1 aliphatic carbocycles. The highest BCUT2D eigenvalue weighted by atomic mass is 16.4. The molecule has 0 heterocycles. The van der Waals surface area contributed by atoms with Crippen LogP contribution in [0.15, 0.2) is 0 Å². The Morgan fingerprint density at radius 3 is 2.20 bits per heavy atom. The van der Waals surface area contributed by atoms with Crippen molar-refractivity contribution in [2.45, 2.75) is 50.2 Å². The molecule has 0 aromatic carbocycles. The number of likely N-dealkylation sites (N-methyl/N-ethyl adjacent to an activating group) is 1. The zero-order valence-corrected chi connectivity index (χ0v) is 9.79. The normalized spacial score (nSPS) is 36.9. The van der Waals surface area contributed by atoms with Gasteiger partial charge in [0.05, 0.1) is 5.54 Å². The number of hydrogen-bond acceptors (Lipinski definition) is 3. The van der Waals surface area contributed by atoms with Crippen LogP contribution >= 0.6 is 0 Å². The summed E-state index contributed by atoms with van der Waals surface area (Å²) in [5.74, 6) is -1.09. The van der Waals surface area contributed by atoms with Gasteiger partial charge >= 0.3 is 5.97 Å². The van der Waals surface area contributed by atoms with E-state index in [1.165, 1.54) is 0 Å². The van der Waals surface area contributed by atoms with Gasteiger partial charge < -0.3 is 15.1 Å². The van der Waals surface area contributed by atoms with Crippen LogP contribution in [0.5, 0.6) is 0 Å². The van der Waals surface area contributed by atoms with Crippen LogP contribution in [0, 0.1) is 0 Å². The molecule has 15 heavy (non-hydrogen) atoms. The highest BCUT2D eigenvalue weighted by Crippen LogP contribution is 2.43. The van der Waals surface area contributed by atoms with E-state index in [-0.39, 0.29) is 0 Å². The van der Waals surface area contributed by atoms with Crippen LogP contribution in [0.3, 0.4) is 0 Å². The minimum absolute atomic E-state index is 0.356. The van der Waals surface area contributed by atoms with Crippen LogP contribution in [0.1, 0.15) is 39.0 Å². The van der Waals surface area contributed by atoms with Crippen molar-refractivity contribution >= 4 is 5.97 Å². The fourth-order valence-corrected chi connectivity index (χ4v) is 2.92. The Morgan fingerprint density at radius 2 is 1.87 bits per heavy atom. The van der Waals surface area contributed by atoms with Gasteiger partial charge in [-0.1, -0.05) is 13.3 Å². The number of rotatable bonds is 3. The summed E-state index contributed by atoms with van der Waals surface area (Å²) in [4.78, 5) is 13.2. The summed E-state index contributed by atoms with van der Waals surface area (Å²) in [6.45, 7) is 1.94. The predicted molar refractivity (Wildman–Crippen MR) is 57.8 cm³/mol. The van der Waals surface area contributed by atoms with Crippen LogP contribution in [0.2, 0.25) is 0 Å². The quantitative estimate of drug-likeness (QED) is 0.739. The van der Waals surface area contributed by atoms with E-state index in [1.54, 1.807) is 0 Å². The van der Waals surface area contributed by atoms with Gasteiger partial charge in [-0.05, 0) is 39.8 Å². The van der Waals surface area contributed by atoms with Crippen molar-refractivity contribution in [3.05, 3.63) is 0 Å². The number of hydrogen-bond donors (Lipinski definition) is 2. The van der Waals surface area contributed by atoms with Gasteiger partial charge in [0.15, 0.2) is 5.60 Å². The molecule has 0 radical (unpaired) electrons. The second kappa shape index (κ2) is 4.10. The van der Waals surface area contributed by atoms with Crippen molar-refractivity contribution in [2.24, 2.45) is 0 Å². The number of carboxylic acids is 1. The molecule has 0 aromatic rings. The first-order valence-corrected chi connectivity index (χ1v) is 5.54. The smallest absolute Gasteiger partial charge is 0.337 e. The first-order valence-electron chi connectivity index (χ1n) is 5.54. The van der Waals surface area contributed by atoms with Crippen LogP contribution in [0.4, 0.5) is 0 Å². The van der Waals surface area contributed by atoms with E-state index in [0.717, 1.165) is 19.3 Å². The molecule has 1 rings (SSSR count). The van der Waals surface area contributed by atoms with E-state index in [2.05, 4.69) is 0 Å². The van der Waals surface area contributed by atoms with Gasteiger partial charge in [0.1, 0.15) is 0 Å². The second-order valence-electron chi connectivity index (χ2n) is 4.65. The molecule has 0 saturated heterocycles. The third kappa shape index (κ3) is 1.66. The van der Waals surface area contributed by atoms with Gasteiger partial charge in [-0.15, -0.1) is 0 Å². The standard InChI is InChI=1S/C11H21NO3/c1-4-10(12(2)3)7-5-6-8-11(10,15)9(13)14/h15H,4-8H2,1-3H3,(H,13,14). The number of carboxylic acid groups (broad SMARTS) is 1. The number of carbonyl (C=O) groups is 1. The Kier molecular flexibility index (Phi) is 3.41. The topological polar surface area (TPSA) is 60.8 Å². The van der Waals surface area contributed by atoms with Crippen molar-refractivity contribution in [3.8, 4) is 0 Å². The first kappa shape index (κ1) is 12.5. The molecule has 0 aliphatic heterocycles. The molecule has 1 saturated carbocycles. The Balaban J connectivity index is 3.14. The van der Waals surface area contributed by atoms with E-state index in [4.69, 9.17) is 0 Å². The molecule has 0 amide bonds. The highest BCUT2D eigenvalue weighted by molar-refractivity contribution is 5.79. The van der Waals surface area contributed by atoms with Crippen LogP contribution in [-0.2, 0) is 4.79 Å². The maximum absolute atomic E-state index is 11.3. The Morgan fingerprint density at radius 1 is 1.33 bits per heavy atom. The second-order valence-corrected chi connectivity index (χ2v) is 4.65. The molecule has 0 spiro atoms. The summed E-state index contributed by atoms with van der Waals surface area (Å²) in [6, 6.07) is 0. The molecule has 4 nitrogen and oxygen atoms in total. The summed E-state index contributed by atoms with van der Waals surface area (Å²) in [6.07, 6.45) is 3.54. The number of aliphatic carboxylic acids is 1. The lowest BCUT2D eigenvalue weighted by molar-refractivity contribution is -0.185. The van der Waals surface area contributed by atoms with Crippen molar-refractivity contribution in [2.75, 3.05) is 14.1 Å². The SMILES string of the molecule is CCC1(N(C)C)CCCCC1(O)C(=O)O. The molecule has 1 aliphatic rings. The lowest BCUT2D eigenvalue weighted by Gasteiger charge is -2.51. The monoisotopic (exact) mass is 215 g/mol. The van der Waals surface area contributed by atoms with Gasteiger partial charge in [-0.25, -0.2) is 4.79 Å². The fourth-order valence-electron chi connectivity index (χ4n) is 2.92. The summed E-state index contributed by atoms with van der Waals surface area (Å²) >= 11 is 0. The van der Waals surface area contributed by atoms with E-state index < -0.39 is 17.1 Å². The average molecular weight is 215 g/mol. The van der Waals surface area contributed by atoms with Gasteiger partial charge in [0.25, 0.3) is 0 Å². The molecular weight excluding hydrogens is 194 g/mol. The third-order valence-corrected chi connectivity index (χ3v) is 3.94. The van der Waals surface area contributed by atoms with E-state index in [0.29, 0.717) is 12.8 Å². The summed E-state index contributed by atoms with van der Waals surface area (Å²) in [5, 5.41) is 19.6.